The summed E-state index contributed by atoms with van der Waals surface area (Å²) in [6.07, 6.45) is 0.981. The minimum Gasteiger partial charge on any atom is -0.339 e. The Labute approximate surface area is 64.6 Å². The van der Waals surface area contributed by atoms with Crippen LogP contribution in [0.5, 0.6) is 0 Å². The normalized spacial score (nSPS) is 10.0. The van der Waals surface area contributed by atoms with Crippen LogP contribution in [0.25, 0.3) is 0 Å². The molecule has 1 heterocycles. The van der Waals surface area contributed by atoms with Crippen molar-refractivity contribution < 1.29 is 9.32 Å². The number of hydrogen-bond donors (Lipinski definition) is 0. The molecule has 0 radical (unpaired) electrons. The van der Waals surface area contributed by atoms with E-state index in [0.717, 1.165) is 0 Å². The highest BCUT2D eigenvalue weighted by Crippen LogP contribution is 1.98. The topological polar surface area (TPSA) is 56.0 Å². The molecular weight excluding hydrogens is 144 g/mol. The number of carbonyl (C=O) groups excluding carboxylic acids is 1. The first-order valence-electron chi connectivity index (χ1n) is 3.53. The van der Waals surface area contributed by atoms with Crippen LogP contribution in [0.1, 0.15) is 25.6 Å². The largest absolute Gasteiger partial charge is 0.339 e. The molecule has 1 aromatic rings. The molecule has 0 fully saturated rings. The lowest BCUT2D eigenvalue weighted by Crippen LogP contribution is -1.98. The maximum atomic E-state index is 10.6. The maximum Gasteiger partial charge on any atom is 0.226 e. The highest BCUT2D eigenvalue weighted by atomic mass is 16.5. The van der Waals surface area contributed by atoms with E-state index < -0.39 is 0 Å². The summed E-state index contributed by atoms with van der Waals surface area (Å²) in [5, 5.41) is 3.62. The molecule has 0 aromatic carbocycles. The molecule has 0 saturated heterocycles. The van der Waals surface area contributed by atoms with E-state index in [1.54, 1.807) is 0 Å². The summed E-state index contributed by atoms with van der Waals surface area (Å²) in [6.45, 7) is 3.42. The lowest BCUT2D eigenvalue weighted by molar-refractivity contribution is -0.116. The van der Waals surface area contributed by atoms with Crippen molar-refractivity contribution >= 4 is 5.78 Å². The fraction of sp³-hybridized carbons (Fsp3) is 0.571. The van der Waals surface area contributed by atoms with Gasteiger partial charge in [-0.15, -0.1) is 0 Å². The van der Waals surface area contributed by atoms with E-state index in [1.165, 1.54) is 6.92 Å². The quantitative estimate of drug-likeness (QED) is 0.645. The Bertz CT molecular complexity index is 255. The first kappa shape index (κ1) is 7.91. The van der Waals surface area contributed by atoms with Crippen LogP contribution in [-0.4, -0.2) is 15.9 Å². The molecule has 60 valence electrons. The van der Waals surface area contributed by atoms with E-state index in [2.05, 4.69) is 10.1 Å². The van der Waals surface area contributed by atoms with Crippen molar-refractivity contribution in [3.05, 3.63) is 11.7 Å². The first-order chi connectivity index (χ1) is 5.22. The lowest BCUT2D eigenvalue weighted by atomic mass is 10.3. The molecule has 0 unspecified atom stereocenters. The van der Waals surface area contributed by atoms with E-state index >= 15 is 0 Å². The maximum absolute atomic E-state index is 10.6. The number of hydrogen-bond acceptors (Lipinski definition) is 4. The van der Waals surface area contributed by atoms with Gasteiger partial charge >= 0.3 is 0 Å². The predicted octanol–water partition coefficient (Wildman–Crippen LogP) is 0.763. The van der Waals surface area contributed by atoms with Gasteiger partial charge < -0.3 is 4.52 Å². The van der Waals surface area contributed by atoms with Gasteiger partial charge in [-0.3, -0.25) is 4.79 Å². The smallest absolute Gasteiger partial charge is 0.226 e. The minimum atomic E-state index is 0.0495. The van der Waals surface area contributed by atoms with Gasteiger partial charge in [0, 0.05) is 6.42 Å². The SMILES string of the molecule is CCc1nc(CC(C)=O)no1. The molecule has 0 aliphatic rings. The van der Waals surface area contributed by atoms with Crippen molar-refractivity contribution in [3.8, 4) is 0 Å². The van der Waals surface area contributed by atoms with Gasteiger partial charge in [-0.25, -0.2) is 0 Å². The third-order valence-corrected chi connectivity index (χ3v) is 1.22. The summed E-state index contributed by atoms with van der Waals surface area (Å²) < 4.78 is 4.80. The molecule has 0 aliphatic carbocycles. The highest BCUT2D eigenvalue weighted by Gasteiger charge is 2.05. The van der Waals surface area contributed by atoms with Crippen LogP contribution in [0.2, 0.25) is 0 Å². The molecule has 4 heteroatoms. The average Bonchev–Trinajstić information content (AvgIpc) is 2.34. The third kappa shape index (κ3) is 2.14. The van der Waals surface area contributed by atoms with Gasteiger partial charge in [0.2, 0.25) is 5.89 Å². The van der Waals surface area contributed by atoms with Gasteiger partial charge in [-0.2, -0.15) is 4.98 Å². The standard InChI is InChI=1S/C7H10N2O2/c1-3-7-8-6(9-11-7)4-5(2)10/h3-4H2,1-2H3. The second kappa shape index (κ2) is 3.27. The Morgan fingerprint density at radius 1 is 1.64 bits per heavy atom. The van der Waals surface area contributed by atoms with Crippen molar-refractivity contribution in [2.75, 3.05) is 0 Å². The van der Waals surface area contributed by atoms with Gasteiger partial charge in [0.25, 0.3) is 0 Å². The number of Topliss-reactive ketones (excluding diaryl/α,β-unsaturated/α-hetero) is 1. The molecule has 4 nitrogen and oxygen atoms in total. The van der Waals surface area contributed by atoms with E-state index in [-0.39, 0.29) is 12.2 Å². The van der Waals surface area contributed by atoms with Crippen LogP contribution < -0.4 is 0 Å². The molecule has 11 heavy (non-hydrogen) atoms. The summed E-state index contributed by atoms with van der Waals surface area (Å²) in [5.74, 6) is 1.11. The van der Waals surface area contributed by atoms with Crippen molar-refractivity contribution in [1.29, 1.82) is 0 Å². The zero-order valence-electron chi connectivity index (χ0n) is 6.63. The summed E-state index contributed by atoms with van der Waals surface area (Å²) in [4.78, 5) is 14.6. The van der Waals surface area contributed by atoms with E-state index in [0.29, 0.717) is 18.1 Å². The summed E-state index contributed by atoms with van der Waals surface area (Å²) in [6, 6.07) is 0. The molecule has 0 saturated carbocycles. The van der Waals surface area contributed by atoms with Crippen molar-refractivity contribution in [3.63, 3.8) is 0 Å². The van der Waals surface area contributed by atoms with Crippen LogP contribution in [0.3, 0.4) is 0 Å². The summed E-state index contributed by atoms with van der Waals surface area (Å²) in [7, 11) is 0. The fourth-order valence-electron chi connectivity index (χ4n) is 0.728. The Morgan fingerprint density at radius 2 is 2.36 bits per heavy atom. The molecule has 0 N–H and O–H groups in total. The monoisotopic (exact) mass is 154 g/mol. The van der Waals surface area contributed by atoms with Gasteiger partial charge in [0.05, 0.1) is 6.42 Å². The van der Waals surface area contributed by atoms with E-state index in [9.17, 15) is 4.79 Å². The molecule has 0 aliphatic heterocycles. The molecule has 1 aromatic heterocycles. The number of nitrogens with zero attached hydrogens (tertiary/aromatic N) is 2. The van der Waals surface area contributed by atoms with E-state index in [1.807, 2.05) is 6.92 Å². The average molecular weight is 154 g/mol. The first-order valence-corrected chi connectivity index (χ1v) is 3.53. The number of aryl methyl sites for hydroxylation is 1. The predicted molar refractivity (Wildman–Crippen MR) is 38.1 cm³/mol. The van der Waals surface area contributed by atoms with Gasteiger partial charge in [-0.1, -0.05) is 12.1 Å². The molecule has 0 atom stereocenters. The Balaban J connectivity index is 2.65. The second-order valence-corrected chi connectivity index (χ2v) is 2.34. The Morgan fingerprint density at radius 3 is 2.82 bits per heavy atom. The van der Waals surface area contributed by atoms with Gasteiger partial charge in [0.1, 0.15) is 5.78 Å². The zero-order valence-corrected chi connectivity index (χ0v) is 6.63. The van der Waals surface area contributed by atoms with Gasteiger partial charge in [-0.05, 0) is 6.92 Å². The Kier molecular flexibility index (Phi) is 2.36. The van der Waals surface area contributed by atoms with Crippen LogP contribution in [0.15, 0.2) is 4.52 Å². The number of aromatic nitrogens is 2. The van der Waals surface area contributed by atoms with Crippen LogP contribution in [0.4, 0.5) is 0 Å². The molecule has 0 bridgehead atoms. The Hall–Kier alpha value is -1.19. The van der Waals surface area contributed by atoms with Gasteiger partial charge in [0.15, 0.2) is 5.82 Å². The summed E-state index contributed by atoms with van der Waals surface area (Å²) >= 11 is 0. The molecular formula is C7H10N2O2. The summed E-state index contributed by atoms with van der Waals surface area (Å²) in [5.41, 5.74) is 0. The fourth-order valence-corrected chi connectivity index (χ4v) is 0.728. The third-order valence-electron chi connectivity index (χ3n) is 1.22. The van der Waals surface area contributed by atoms with Crippen molar-refractivity contribution in [2.45, 2.75) is 26.7 Å². The van der Waals surface area contributed by atoms with Crippen LogP contribution in [0, 0.1) is 0 Å². The highest BCUT2D eigenvalue weighted by molar-refractivity contribution is 5.77. The number of ketones is 1. The second-order valence-electron chi connectivity index (χ2n) is 2.34. The van der Waals surface area contributed by atoms with E-state index in [4.69, 9.17) is 4.52 Å². The van der Waals surface area contributed by atoms with Crippen LogP contribution in [-0.2, 0) is 17.6 Å². The lowest BCUT2D eigenvalue weighted by Gasteiger charge is -1.82. The minimum absolute atomic E-state index is 0.0495. The van der Waals surface area contributed by atoms with Crippen LogP contribution >= 0.6 is 0 Å². The number of rotatable bonds is 3. The van der Waals surface area contributed by atoms with Crippen molar-refractivity contribution in [2.24, 2.45) is 0 Å². The zero-order chi connectivity index (χ0) is 8.27. The molecule has 0 spiro atoms. The van der Waals surface area contributed by atoms with Crippen molar-refractivity contribution in [1.82, 2.24) is 10.1 Å². The molecule has 0 amide bonds. The number of carbonyl (C=O) groups is 1. The molecule has 1 rings (SSSR count).